The third-order valence-corrected chi connectivity index (χ3v) is 6.86. The van der Waals surface area contributed by atoms with Crippen molar-refractivity contribution < 1.29 is 4.52 Å². The SMILES string of the molecule is CC(C)N1CCN(c2ccc(-c3noc(-c4ccc(CN5CCCCC5)cc4)n3)cn2)CC1. The molecule has 0 radical (unpaired) electrons. The summed E-state index contributed by atoms with van der Waals surface area (Å²) in [6.45, 7) is 12.1. The van der Waals surface area contributed by atoms with Crippen LogP contribution in [0.1, 0.15) is 38.7 Å². The molecule has 2 aliphatic rings. The Morgan fingerprint density at radius 1 is 0.848 bits per heavy atom. The van der Waals surface area contributed by atoms with Gasteiger partial charge in [-0.25, -0.2) is 4.98 Å². The maximum atomic E-state index is 5.56. The van der Waals surface area contributed by atoms with Crippen molar-refractivity contribution in [3.05, 3.63) is 48.2 Å². The number of piperazine rings is 1. The van der Waals surface area contributed by atoms with Gasteiger partial charge < -0.3 is 9.42 Å². The second-order valence-corrected chi connectivity index (χ2v) is 9.48. The first kappa shape index (κ1) is 22.0. The van der Waals surface area contributed by atoms with E-state index in [9.17, 15) is 0 Å². The first-order valence-electron chi connectivity index (χ1n) is 12.3. The van der Waals surface area contributed by atoms with Gasteiger partial charge in [0, 0.05) is 56.1 Å². The van der Waals surface area contributed by atoms with Gasteiger partial charge in [0.25, 0.3) is 5.89 Å². The van der Waals surface area contributed by atoms with Crippen LogP contribution < -0.4 is 4.90 Å². The molecule has 0 aliphatic carbocycles. The van der Waals surface area contributed by atoms with Gasteiger partial charge in [-0.15, -0.1) is 0 Å². The Hall–Kier alpha value is -2.77. The molecule has 1 aromatic carbocycles. The van der Waals surface area contributed by atoms with Crippen molar-refractivity contribution in [2.24, 2.45) is 0 Å². The van der Waals surface area contributed by atoms with Gasteiger partial charge in [0.2, 0.25) is 5.82 Å². The fraction of sp³-hybridized carbons (Fsp3) is 0.500. The monoisotopic (exact) mass is 446 g/mol. The van der Waals surface area contributed by atoms with Crippen LogP contribution in [0.15, 0.2) is 47.1 Å². The molecular weight excluding hydrogens is 412 g/mol. The maximum absolute atomic E-state index is 5.56. The quantitative estimate of drug-likeness (QED) is 0.559. The summed E-state index contributed by atoms with van der Waals surface area (Å²) in [4.78, 5) is 16.7. The van der Waals surface area contributed by atoms with Gasteiger partial charge in [0.05, 0.1) is 0 Å². The first-order valence-corrected chi connectivity index (χ1v) is 12.3. The molecule has 7 nitrogen and oxygen atoms in total. The zero-order valence-corrected chi connectivity index (χ0v) is 19.8. The van der Waals surface area contributed by atoms with Crippen molar-refractivity contribution in [2.75, 3.05) is 44.2 Å². The second-order valence-electron chi connectivity index (χ2n) is 9.48. The average molecular weight is 447 g/mol. The normalized spacial score (nSPS) is 18.2. The number of benzene rings is 1. The third-order valence-electron chi connectivity index (χ3n) is 6.86. The van der Waals surface area contributed by atoms with E-state index in [4.69, 9.17) is 4.52 Å². The van der Waals surface area contributed by atoms with E-state index in [0.717, 1.165) is 49.7 Å². The molecular formula is C26H34N6O. The Balaban J connectivity index is 1.21. The lowest BCUT2D eigenvalue weighted by molar-refractivity contribution is 0.209. The third kappa shape index (κ3) is 5.25. The molecule has 0 unspecified atom stereocenters. The minimum atomic E-state index is 0.545. The molecule has 5 rings (SSSR count). The lowest BCUT2D eigenvalue weighted by atomic mass is 10.1. The smallest absolute Gasteiger partial charge is 0.258 e. The maximum Gasteiger partial charge on any atom is 0.258 e. The number of rotatable bonds is 6. The summed E-state index contributed by atoms with van der Waals surface area (Å²) in [5.74, 6) is 2.13. The zero-order chi connectivity index (χ0) is 22.6. The van der Waals surface area contributed by atoms with E-state index in [1.165, 1.54) is 37.9 Å². The summed E-state index contributed by atoms with van der Waals surface area (Å²) >= 11 is 0. The predicted octanol–water partition coefficient (Wildman–Crippen LogP) is 4.31. The van der Waals surface area contributed by atoms with Crippen molar-refractivity contribution in [1.82, 2.24) is 24.9 Å². The molecule has 3 aromatic rings. The molecule has 0 N–H and O–H groups in total. The Labute approximate surface area is 196 Å². The number of likely N-dealkylation sites (tertiary alicyclic amines) is 1. The molecule has 0 bridgehead atoms. The van der Waals surface area contributed by atoms with Crippen LogP contribution in [0.3, 0.4) is 0 Å². The Bertz CT molecular complexity index is 1020. The molecule has 2 aromatic heterocycles. The zero-order valence-electron chi connectivity index (χ0n) is 19.8. The highest BCUT2D eigenvalue weighted by Crippen LogP contribution is 2.24. The van der Waals surface area contributed by atoms with Crippen LogP contribution in [-0.2, 0) is 6.54 Å². The summed E-state index contributed by atoms with van der Waals surface area (Å²) in [5, 5.41) is 4.20. The Morgan fingerprint density at radius 3 is 2.24 bits per heavy atom. The number of nitrogens with zero attached hydrogens (tertiary/aromatic N) is 6. The largest absolute Gasteiger partial charge is 0.354 e. The van der Waals surface area contributed by atoms with E-state index in [1.807, 2.05) is 12.3 Å². The average Bonchev–Trinajstić information content (AvgIpc) is 3.36. The molecule has 0 atom stereocenters. The topological polar surface area (TPSA) is 61.5 Å². The fourth-order valence-corrected chi connectivity index (χ4v) is 4.76. The number of hydrogen-bond acceptors (Lipinski definition) is 7. The van der Waals surface area contributed by atoms with Gasteiger partial charge in [-0.1, -0.05) is 23.7 Å². The van der Waals surface area contributed by atoms with Crippen LogP contribution in [0.25, 0.3) is 22.8 Å². The number of pyridine rings is 1. The van der Waals surface area contributed by atoms with E-state index in [1.54, 1.807) is 0 Å². The van der Waals surface area contributed by atoms with Crippen LogP contribution in [0.5, 0.6) is 0 Å². The molecule has 7 heteroatoms. The van der Waals surface area contributed by atoms with E-state index in [2.05, 4.69) is 74.0 Å². The van der Waals surface area contributed by atoms with Crippen LogP contribution in [0.2, 0.25) is 0 Å². The number of aromatic nitrogens is 3. The highest BCUT2D eigenvalue weighted by atomic mass is 16.5. The molecule has 2 saturated heterocycles. The predicted molar refractivity (Wildman–Crippen MR) is 131 cm³/mol. The lowest BCUT2D eigenvalue weighted by Gasteiger charge is -2.37. The van der Waals surface area contributed by atoms with Crippen molar-refractivity contribution in [2.45, 2.75) is 45.7 Å². The van der Waals surface area contributed by atoms with Gasteiger partial charge >= 0.3 is 0 Å². The van der Waals surface area contributed by atoms with Gasteiger partial charge in [-0.2, -0.15) is 4.98 Å². The van der Waals surface area contributed by atoms with Gasteiger partial charge in [0.1, 0.15) is 5.82 Å². The van der Waals surface area contributed by atoms with Crippen molar-refractivity contribution >= 4 is 5.82 Å². The van der Waals surface area contributed by atoms with Gasteiger partial charge in [-0.3, -0.25) is 9.80 Å². The minimum Gasteiger partial charge on any atom is -0.354 e. The van der Waals surface area contributed by atoms with Crippen molar-refractivity contribution in [1.29, 1.82) is 0 Å². The van der Waals surface area contributed by atoms with Gasteiger partial charge in [-0.05, 0) is 69.6 Å². The standard InChI is InChI=1S/C26H34N6O/c1-20(2)31-14-16-32(17-15-31)24-11-10-23(18-27-24)25-28-26(33-29-25)22-8-6-21(7-9-22)19-30-12-4-3-5-13-30/h6-11,18,20H,3-5,12-17,19H2,1-2H3. The van der Waals surface area contributed by atoms with Crippen LogP contribution in [0.4, 0.5) is 5.82 Å². The van der Waals surface area contributed by atoms with Gasteiger partial charge in [0.15, 0.2) is 0 Å². The number of hydrogen-bond donors (Lipinski definition) is 0. The highest BCUT2D eigenvalue weighted by Gasteiger charge is 2.20. The summed E-state index contributed by atoms with van der Waals surface area (Å²) in [7, 11) is 0. The van der Waals surface area contributed by atoms with E-state index < -0.39 is 0 Å². The summed E-state index contributed by atoms with van der Waals surface area (Å²) in [6, 6.07) is 13.2. The van der Waals surface area contributed by atoms with Crippen LogP contribution >= 0.6 is 0 Å². The van der Waals surface area contributed by atoms with Crippen LogP contribution in [0, 0.1) is 0 Å². The van der Waals surface area contributed by atoms with Crippen LogP contribution in [-0.4, -0.2) is 70.2 Å². The fourth-order valence-electron chi connectivity index (χ4n) is 4.76. The molecule has 4 heterocycles. The number of anilines is 1. The summed E-state index contributed by atoms with van der Waals surface area (Å²) in [5.41, 5.74) is 3.15. The van der Waals surface area contributed by atoms with Crippen molar-refractivity contribution in [3.8, 4) is 22.8 Å². The first-order chi connectivity index (χ1) is 16.2. The molecule has 174 valence electrons. The Morgan fingerprint density at radius 2 is 1.58 bits per heavy atom. The minimum absolute atomic E-state index is 0.545. The molecule has 2 fully saturated rings. The molecule has 0 spiro atoms. The Kier molecular flexibility index (Phi) is 6.69. The number of piperidine rings is 1. The molecule has 0 saturated carbocycles. The second kappa shape index (κ2) is 10.0. The van der Waals surface area contributed by atoms with Crippen molar-refractivity contribution in [3.63, 3.8) is 0 Å². The summed E-state index contributed by atoms with van der Waals surface area (Å²) < 4.78 is 5.56. The lowest BCUT2D eigenvalue weighted by Crippen LogP contribution is -2.49. The highest BCUT2D eigenvalue weighted by molar-refractivity contribution is 5.60. The molecule has 0 amide bonds. The van der Waals surface area contributed by atoms with E-state index in [0.29, 0.717) is 17.8 Å². The molecule has 2 aliphatic heterocycles. The molecule has 33 heavy (non-hydrogen) atoms. The summed E-state index contributed by atoms with van der Waals surface area (Å²) in [6.07, 6.45) is 5.84. The van der Waals surface area contributed by atoms with E-state index in [-0.39, 0.29) is 0 Å². The van der Waals surface area contributed by atoms with E-state index >= 15 is 0 Å².